The highest BCUT2D eigenvalue weighted by Crippen LogP contribution is 2.48. The van der Waals surface area contributed by atoms with E-state index in [4.69, 9.17) is 0 Å². The van der Waals surface area contributed by atoms with E-state index in [9.17, 15) is 4.79 Å². The Balaban J connectivity index is 1.42. The fourth-order valence-corrected chi connectivity index (χ4v) is 3.23. The first-order valence-electron chi connectivity index (χ1n) is 8.02. The average molecular weight is 287 g/mol. The summed E-state index contributed by atoms with van der Waals surface area (Å²) in [6.07, 6.45) is 1.00. The van der Waals surface area contributed by atoms with Gasteiger partial charge < -0.3 is 10.6 Å². The summed E-state index contributed by atoms with van der Waals surface area (Å²) >= 11 is 0. The molecule has 4 nitrogen and oxygen atoms in total. The van der Waals surface area contributed by atoms with Crippen molar-refractivity contribution in [2.75, 3.05) is 39.3 Å². The van der Waals surface area contributed by atoms with Crippen molar-refractivity contribution in [3.05, 3.63) is 35.4 Å². The molecule has 0 spiro atoms. The summed E-state index contributed by atoms with van der Waals surface area (Å²) in [7, 11) is 0. The molecule has 21 heavy (non-hydrogen) atoms. The Labute approximate surface area is 126 Å². The highest BCUT2D eigenvalue weighted by molar-refractivity contribution is 5.83. The number of amides is 1. The van der Waals surface area contributed by atoms with E-state index in [2.05, 4.69) is 46.7 Å². The SMILES string of the molecule is Cc1ccccc1C1CC1C(=O)NCCN1CCNCC1. The van der Waals surface area contributed by atoms with E-state index in [1.54, 1.807) is 0 Å². The van der Waals surface area contributed by atoms with Crippen molar-refractivity contribution in [3.63, 3.8) is 0 Å². The molecule has 2 N–H and O–H groups in total. The molecule has 1 saturated heterocycles. The Bertz CT molecular complexity index is 497. The maximum absolute atomic E-state index is 12.2. The van der Waals surface area contributed by atoms with Crippen LogP contribution in [0.25, 0.3) is 0 Å². The van der Waals surface area contributed by atoms with Crippen molar-refractivity contribution in [1.29, 1.82) is 0 Å². The predicted octanol–water partition coefficient (Wildman–Crippen LogP) is 1.12. The topological polar surface area (TPSA) is 44.4 Å². The third-order valence-electron chi connectivity index (χ3n) is 4.65. The summed E-state index contributed by atoms with van der Waals surface area (Å²) < 4.78 is 0. The number of rotatable bonds is 5. The monoisotopic (exact) mass is 287 g/mol. The molecule has 2 aliphatic rings. The first-order chi connectivity index (χ1) is 10.3. The van der Waals surface area contributed by atoms with Crippen LogP contribution < -0.4 is 10.6 Å². The molecule has 1 aromatic carbocycles. The molecular weight excluding hydrogens is 262 g/mol. The largest absolute Gasteiger partial charge is 0.355 e. The van der Waals surface area contributed by atoms with E-state index in [0.717, 1.165) is 45.7 Å². The summed E-state index contributed by atoms with van der Waals surface area (Å²) in [6.45, 7) is 8.17. The Morgan fingerprint density at radius 1 is 1.33 bits per heavy atom. The predicted molar refractivity (Wildman–Crippen MR) is 84.3 cm³/mol. The lowest BCUT2D eigenvalue weighted by Gasteiger charge is -2.27. The molecule has 1 aliphatic carbocycles. The Kier molecular flexibility index (Phi) is 4.56. The number of nitrogens with zero attached hydrogens (tertiary/aromatic N) is 1. The molecule has 4 heteroatoms. The lowest BCUT2D eigenvalue weighted by molar-refractivity contribution is -0.122. The van der Waals surface area contributed by atoms with Crippen LogP contribution in [0.3, 0.4) is 0 Å². The third kappa shape index (κ3) is 3.63. The lowest BCUT2D eigenvalue weighted by Crippen LogP contribution is -2.46. The number of aryl methyl sites for hydroxylation is 1. The first kappa shape index (κ1) is 14.5. The summed E-state index contributed by atoms with van der Waals surface area (Å²) in [5.74, 6) is 0.859. The molecule has 0 radical (unpaired) electrons. The van der Waals surface area contributed by atoms with Crippen LogP contribution >= 0.6 is 0 Å². The molecule has 2 unspecified atom stereocenters. The van der Waals surface area contributed by atoms with E-state index in [1.807, 2.05) is 0 Å². The molecule has 0 aromatic heterocycles. The Morgan fingerprint density at radius 3 is 2.86 bits per heavy atom. The van der Waals surface area contributed by atoms with Gasteiger partial charge in [0.2, 0.25) is 5.91 Å². The summed E-state index contributed by atoms with van der Waals surface area (Å²) in [5, 5.41) is 6.45. The van der Waals surface area contributed by atoms with Gasteiger partial charge in [0, 0.05) is 45.2 Å². The standard InChI is InChI=1S/C17H25N3O/c1-13-4-2-3-5-14(13)15-12-16(15)17(21)19-8-11-20-9-6-18-7-10-20/h2-5,15-16,18H,6-12H2,1H3,(H,19,21). The summed E-state index contributed by atoms with van der Waals surface area (Å²) in [4.78, 5) is 14.6. The molecular formula is C17H25N3O. The molecule has 0 bridgehead atoms. The Hall–Kier alpha value is -1.39. The fourth-order valence-electron chi connectivity index (χ4n) is 3.23. The molecule has 114 valence electrons. The van der Waals surface area contributed by atoms with Gasteiger partial charge in [-0.2, -0.15) is 0 Å². The maximum atomic E-state index is 12.2. The van der Waals surface area contributed by atoms with Crippen molar-refractivity contribution >= 4 is 5.91 Å². The zero-order valence-electron chi connectivity index (χ0n) is 12.8. The third-order valence-corrected chi connectivity index (χ3v) is 4.65. The van der Waals surface area contributed by atoms with Gasteiger partial charge in [-0.3, -0.25) is 9.69 Å². The smallest absolute Gasteiger partial charge is 0.223 e. The van der Waals surface area contributed by atoms with Gasteiger partial charge in [-0.15, -0.1) is 0 Å². The fraction of sp³-hybridized carbons (Fsp3) is 0.588. The van der Waals surface area contributed by atoms with E-state index in [-0.39, 0.29) is 11.8 Å². The number of carbonyl (C=O) groups excluding carboxylic acids is 1. The van der Waals surface area contributed by atoms with Crippen molar-refractivity contribution in [3.8, 4) is 0 Å². The number of benzene rings is 1. The zero-order chi connectivity index (χ0) is 14.7. The molecule has 1 heterocycles. The zero-order valence-corrected chi connectivity index (χ0v) is 12.8. The quantitative estimate of drug-likeness (QED) is 0.853. The lowest BCUT2D eigenvalue weighted by atomic mass is 10.0. The minimum atomic E-state index is 0.189. The average Bonchev–Trinajstić information content (AvgIpc) is 3.29. The van der Waals surface area contributed by atoms with E-state index >= 15 is 0 Å². The summed E-state index contributed by atoms with van der Waals surface area (Å²) in [5.41, 5.74) is 2.65. The van der Waals surface area contributed by atoms with E-state index < -0.39 is 0 Å². The van der Waals surface area contributed by atoms with Crippen LogP contribution in [0.15, 0.2) is 24.3 Å². The molecule has 1 aliphatic heterocycles. The second-order valence-electron chi connectivity index (χ2n) is 6.19. The van der Waals surface area contributed by atoms with Crippen molar-refractivity contribution in [1.82, 2.24) is 15.5 Å². The van der Waals surface area contributed by atoms with Crippen molar-refractivity contribution < 1.29 is 4.79 Å². The highest BCUT2D eigenvalue weighted by Gasteiger charge is 2.44. The van der Waals surface area contributed by atoms with Gasteiger partial charge in [0.1, 0.15) is 0 Å². The molecule has 2 fully saturated rings. The van der Waals surface area contributed by atoms with Crippen molar-refractivity contribution in [2.24, 2.45) is 5.92 Å². The van der Waals surface area contributed by atoms with Gasteiger partial charge in [-0.25, -0.2) is 0 Å². The van der Waals surface area contributed by atoms with Crippen LogP contribution in [-0.4, -0.2) is 50.1 Å². The van der Waals surface area contributed by atoms with Gasteiger partial charge in [0.15, 0.2) is 0 Å². The van der Waals surface area contributed by atoms with E-state index in [0.29, 0.717) is 5.92 Å². The molecule has 1 aromatic rings. The molecule has 3 rings (SSSR count). The normalized spacial score (nSPS) is 25.6. The number of piperazine rings is 1. The van der Waals surface area contributed by atoms with Crippen molar-refractivity contribution in [2.45, 2.75) is 19.3 Å². The molecule has 1 saturated carbocycles. The van der Waals surface area contributed by atoms with Crippen LogP contribution in [-0.2, 0) is 4.79 Å². The van der Waals surface area contributed by atoms with Gasteiger partial charge in [0.05, 0.1) is 0 Å². The number of hydrogen-bond acceptors (Lipinski definition) is 3. The van der Waals surface area contributed by atoms with Gasteiger partial charge in [-0.1, -0.05) is 24.3 Å². The van der Waals surface area contributed by atoms with E-state index in [1.165, 1.54) is 11.1 Å². The second kappa shape index (κ2) is 6.58. The minimum absolute atomic E-state index is 0.189. The van der Waals surface area contributed by atoms with Crippen LogP contribution in [0, 0.1) is 12.8 Å². The Morgan fingerprint density at radius 2 is 2.10 bits per heavy atom. The summed E-state index contributed by atoms with van der Waals surface area (Å²) in [6, 6.07) is 8.42. The van der Waals surface area contributed by atoms with Crippen LogP contribution in [0.1, 0.15) is 23.5 Å². The molecule has 1 amide bonds. The van der Waals surface area contributed by atoms with Crippen LogP contribution in [0.4, 0.5) is 0 Å². The maximum Gasteiger partial charge on any atom is 0.223 e. The van der Waals surface area contributed by atoms with Gasteiger partial charge in [0.25, 0.3) is 0 Å². The van der Waals surface area contributed by atoms with Gasteiger partial charge in [-0.05, 0) is 30.4 Å². The second-order valence-corrected chi connectivity index (χ2v) is 6.19. The first-order valence-corrected chi connectivity index (χ1v) is 8.02. The molecule has 2 atom stereocenters. The van der Waals surface area contributed by atoms with Gasteiger partial charge >= 0.3 is 0 Å². The van der Waals surface area contributed by atoms with Crippen LogP contribution in [0.5, 0.6) is 0 Å². The van der Waals surface area contributed by atoms with Crippen LogP contribution in [0.2, 0.25) is 0 Å². The minimum Gasteiger partial charge on any atom is -0.355 e. The number of carbonyl (C=O) groups is 1. The highest BCUT2D eigenvalue weighted by atomic mass is 16.2. The number of nitrogens with one attached hydrogen (secondary N) is 2. The number of hydrogen-bond donors (Lipinski definition) is 2.